The monoisotopic (exact) mass is 195 g/mol. The molecule has 0 unspecified atom stereocenters. The Bertz CT molecular complexity index is 338. The maximum absolute atomic E-state index is 11.0. The average Bonchev–Trinajstić information content (AvgIpc) is 2.62. The Morgan fingerprint density at radius 2 is 2.46 bits per heavy atom. The minimum Gasteiger partial charge on any atom is -0.465 e. The molecule has 3 nitrogen and oxygen atoms in total. The lowest BCUT2D eigenvalue weighted by molar-refractivity contribution is 0.0606. The molecular weight excluding hydrogens is 186 g/mol. The molecule has 1 rings (SSSR count). The summed E-state index contributed by atoms with van der Waals surface area (Å²) < 4.78 is 4.57. The van der Waals surface area contributed by atoms with Gasteiger partial charge in [0.25, 0.3) is 0 Å². The van der Waals surface area contributed by atoms with Gasteiger partial charge in [-0.2, -0.15) is 0 Å². The van der Waals surface area contributed by atoms with Gasteiger partial charge in [-0.3, -0.25) is 0 Å². The summed E-state index contributed by atoms with van der Waals surface area (Å²) in [5.41, 5.74) is 0. The van der Waals surface area contributed by atoms with E-state index in [0.717, 1.165) is 4.88 Å². The molecule has 1 aromatic rings. The predicted molar refractivity (Wildman–Crippen MR) is 50.8 cm³/mol. The Morgan fingerprint density at radius 1 is 1.69 bits per heavy atom. The van der Waals surface area contributed by atoms with Gasteiger partial charge in [0, 0.05) is 4.88 Å². The molecule has 0 fully saturated rings. The first-order chi connectivity index (χ1) is 6.27. The first-order valence-electron chi connectivity index (χ1n) is 3.78. The second-order valence-electron chi connectivity index (χ2n) is 2.39. The van der Waals surface area contributed by atoms with Gasteiger partial charge >= 0.3 is 5.97 Å². The number of rotatable bonds is 3. The smallest absolute Gasteiger partial charge is 0.348 e. The van der Waals surface area contributed by atoms with Crippen molar-refractivity contribution < 1.29 is 9.53 Å². The molecule has 0 aliphatic rings. The molecule has 4 heteroatoms. The fraction of sp³-hybridized carbons (Fsp3) is 0.333. The Labute approximate surface area is 80.8 Å². The Kier molecular flexibility index (Phi) is 3.47. The molecule has 68 valence electrons. The van der Waals surface area contributed by atoms with Crippen molar-refractivity contribution in [3.8, 4) is 0 Å². The lowest BCUT2D eigenvalue weighted by Crippen LogP contribution is -1.96. The summed E-state index contributed by atoms with van der Waals surface area (Å²) in [6.45, 7) is 7.09. The minimum atomic E-state index is -0.306. The summed E-state index contributed by atoms with van der Waals surface area (Å²) in [4.78, 5) is 15.9. The van der Waals surface area contributed by atoms with Crippen LogP contribution in [-0.2, 0) is 11.2 Å². The highest BCUT2D eigenvalue weighted by atomic mass is 32.1. The van der Waals surface area contributed by atoms with Gasteiger partial charge in [0.15, 0.2) is 0 Å². The van der Waals surface area contributed by atoms with Crippen LogP contribution in [0.5, 0.6) is 0 Å². The van der Waals surface area contributed by atoms with Crippen molar-refractivity contribution in [1.82, 2.24) is 0 Å². The summed E-state index contributed by atoms with van der Waals surface area (Å²) in [7, 11) is 1.36. The number of carbonyl (C=O) groups excluding carboxylic acids is 1. The Balaban J connectivity index is 2.64. The standard InChI is InChI=1S/C9H9NO2S/c1-10-6-5-7-3-4-8(13-7)9(11)12-2/h3-4H,5-6H2,2H3. The van der Waals surface area contributed by atoms with Crippen molar-refractivity contribution in [2.75, 3.05) is 13.7 Å². The number of methoxy groups -OCH3 is 1. The lowest BCUT2D eigenvalue weighted by Gasteiger charge is -1.91. The summed E-state index contributed by atoms with van der Waals surface area (Å²) in [5, 5.41) is 0. The fourth-order valence-electron chi connectivity index (χ4n) is 0.889. The van der Waals surface area contributed by atoms with Gasteiger partial charge in [-0.1, -0.05) is 0 Å². The van der Waals surface area contributed by atoms with Crippen molar-refractivity contribution in [3.63, 3.8) is 0 Å². The molecule has 13 heavy (non-hydrogen) atoms. The molecule has 0 atom stereocenters. The van der Waals surface area contributed by atoms with Gasteiger partial charge in [-0.15, -0.1) is 11.3 Å². The number of ether oxygens (including phenoxy) is 1. The van der Waals surface area contributed by atoms with Crippen molar-refractivity contribution in [2.24, 2.45) is 0 Å². The van der Waals surface area contributed by atoms with E-state index in [4.69, 9.17) is 6.57 Å². The van der Waals surface area contributed by atoms with Crippen molar-refractivity contribution >= 4 is 17.3 Å². The molecule has 0 saturated carbocycles. The van der Waals surface area contributed by atoms with E-state index < -0.39 is 0 Å². The molecule has 0 aliphatic heterocycles. The highest BCUT2D eigenvalue weighted by Gasteiger charge is 2.08. The SMILES string of the molecule is [C-]#[N+]CCc1ccc(C(=O)OC)s1. The minimum absolute atomic E-state index is 0.306. The van der Waals surface area contributed by atoms with Crippen LogP contribution in [0.2, 0.25) is 0 Å². The van der Waals surface area contributed by atoms with Crippen LogP contribution in [0.4, 0.5) is 0 Å². The normalized spacial score (nSPS) is 9.23. The first-order valence-corrected chi connectivity index (χ1v) is 4.60. The topological polar surface area (TPSA) is 30.7 Å². The van der Waals surface area contributed by atoms with E-state index in [9.17, 15) is 4.79 Å². The van der Waals surface area contributed by atoms with E-state index in [-0.39, 0.29) is 5.97 Å². The quantitative estimate of drug-likeness (QED) is 0.545. The Morgan fingerprint density at radius 3 is 3.08 bits per heavy atom. The molecule has 0 saturated heterocycles. The zero-order valence-electron chi connectivity index (χ0n) is 7.24. The lowest BCUT2D eigenvalue weighted by atomic mass is 10.3. The third-order valence-electron chi connectivity index (χ3n) is 1.52. The molecule has 0 spiro atoms. The Hall–Kier alpha value is -1.34. The molecular formula is C9H9NO2S. The van der Waals surface area contributed by atoms with Crippen LogP contribution < -0.4 is 0 Å². The van der Waals surface area contributed by atoms with Crippen LogP contribution in [0.25, 0.3) is 4.85 Å². The van der Waals surface area contributed by atoms with E-state index in [0.29, 0.717) is 17.8 Å². The van der Waals surface area contributed by atoms with Crippen molar-refractivity contribution in [2.45, 2.75) is 6.42 Å². The molecule has 0 bridgehead atoms. The summed E-state index contributed by atoms with van der Waals surface area (Å²) in [5.74, 6) is -0.306. The largest absolute Gasteiger partial charge is 0.465 e. The van der Waals surface area contributed by atoms with Crippen LogP contribution in [0.15, 0.2) is 12.1 Å². The number of hydrogen-bond acceptors (Lipinski definition) is 3. The van der Waals surface area contributed by atoms with Crippen LogP contribution in [0.1, 0.15) is 14.5 Å². The summed E-state index contributed by atoms with van der Waals surface area (Å²) >= 11 is 1.39. The highest BCUT2D eigenvalue weighted by molar-refractivity contribution is 7.13. The third kappa shape index (κ3) is 2.56. The third-order valence-corrected chi connectivity index (χ3v) is 2.64. The molecule has 0 radical (unpaired) electrons. The van der Waals surface area contributed by atoms with E-state index in [1.54, 1.807) is 6.07 Å². The maximum Gasteiger partial charge on any atom is 0.348 e. The van der Waals surface area contributed by atoms with E-state index >= 15 is 0 Å². The molecule has 0 aromatic carbocycles. The predicted octanol–water partition coefficient (Wildman–Crippen LogP) is 2.00. The number of nitrogens with zero attached hydrogens (tertiary/aromatic N) is 1. The second kappa shape index (κ2) is 4.63. The van der Waals surface area contributed by atoms with E-state index in [1.807, 2.05) is 6.07 Å². The van der Waals surface area contributed by atoms with Crippen molar-refractivity contribution in [3.05, 3.63) is 33.3 Å². The van der Waals surface area contributed by atoms with Gasteiger partial charge < -0.3 is 9.58 Å². The van der Waals surface area contributed by atoms with Gasteiger partial charge in [0.05, 0.1) is 13.5 Å². The zero-order chi connectivity index (χ0) is 9.68. The zero-order valence-corrected chi connectivity index (χ0v) is 8.06. The fourth-order valence-corrected chi connectivity index (χ4v) is 1.80. The molecule has 0 N–H and O–H groups in total. The van der Waals surface area contributed by atoms with Gasteiger partial charge in [-0.25, -0.2) is 11.4 Å². The van der Waals surface area contributed by atoms with Crippen LogP contribution in [-0.4, -0.2) is 19.6 Å². The maximum atomic E-state index is 11.0. The van der Waals surface area contributed by atoms with Crippen LogP contribution in [0, 0.1) is 6.57 Å². The van der Waals surface area contributed by atoms with Gasteiger partial charge in [0.1, 0.15) is 4.88 Å². The first kappa shape index (κ1) is 9.75. The van der Waals surface area contributed by atoms with Crippen LogP contribution >= 0.6 is 11.3 Å². The number of esters is 1. The van der Waals surface area contributed by atoms with Gasteiger partial charge in [0.2, 0.25) is 6.54 Å². The highest BCUT2D eigenvalue weighted by Crippen LogP contribution is 2.17. The van der Waals surface area contributed by atoms with E-state index in [1.165, 1.54) is 18.4 Å². The molecule has 0 aliphatic carbocycles. The summed E-state index contributed by atoms with van der Waals surface area (Å²) in [6, 6.07) is 3.60. The number of hydrogen-bond donors (Lipinski definition) is 0. The second-order valence-corrected chi connectivity index (χ2v) is 3.56. The molecule has 1 heterocycles. The molecule has 0 amide bonds. The summed E-state index contributed by atoms with van der Waals surface area (Å²) in [6.07, 6.45) is 0.713. The number of thiophene rings is 1. The number of carbonyl (C=O) groups is 1. The average molecular weight is 195 g/mol. The van der Waals surface area contributed by atoms with Gasteiger partial charge in [-0.05, 0) is 12.1 Å². The van der Waals surface area contributed by atoms with Crippen LogP contribution in [0.3, 0.4) is 0 Å². The van der Waals surface area contributed by atoms with E-state index in [2.05, 4.69) is 9.58 Å². The molecule has 1 aromatic heterocycles. The van der Waals surface area contributed by atoms with Crippen molar-refractivity contribution in [1.29, 1.82) is 0 Å².